The molecule has 20 heavy (non-hydrogen) atoms. The molecule has 0 fully saturated rings. The molecule has 0 saturated carbocycles. The van der Waals surface area contributed by atoms with Crippen LogP contribution in [0.15, 0.2) is 46.2 Å². The van der Waals surface area contributed by atoms with Crippen molar-refractivity contribution in [2.24, 2.45) is 0 Å². The van der Waals surface area contributed by atoms with E-state index in [0.29, 0.717) is 16.7 Å². The first-order valence-corrected chi connectivity index (χ1v) is 7.24. The zero-order chi connectivity index (χ0) is 14.8. The molecule has 1 N–H and O–H groups in total. The highest BCUT2D eigenvalue weighted by Gasteiger charge is 2.20. The van der Waals surface area contributed by atoms with E-state index in [1.165, 1.54) is 24.3 Å². The van der Waals surface area contributed by atoms with Gasteiger partial charge in [-0.25, -0.2) is 17.6 Å². The van der Waals surface area contributed by atoms with E-state index in [-0.39, 0.29) is 10.7 Å². The average Bonchev–Trinajstić information content (AvgIpc) is 2.43. The molecule has 1 aromatic heterocycles. The lowest BCUT2D eigenvalue weighted by molar-refractivity contribution is 0.571. The average molecular weight is 297 g/mol. The molecule has 0 aliphatic heterocycles. The summed E-state index contributed by atoms with van der Waals surface area (Å²) in [5.41, 5.74) is -1.06. The van der Waals surface area contributed by atoms with Crippen molar-refractivity contribution in [1.82, 2.24) is 8.96 Å². The number of halogens is 1. The molecule has 1 heterocycles. The van der Waals surface area contributed by atoms with Crippen LogP contribution in [0.25, 0.3) is 0 Å². The van der Waals surface area contributed by atoms with Crippen LogP contribution in [0, 0.1) is 5.82 Å². The molecule has 8 heteroatoms. The van der Waals surface area contributed by atoms with E-state index in [1.807, 2.05) is 0 Å². The Labute approximate surface area is 115 Å². The number of aromatic nitrogens is 2. The number of hydrogen-bond acceptors (Lipinski definition) is 5. The fourth-order valence-electron chi connectivity index (χ4n) is 1.59. The largest absolute Gasteiger partial charge is 0.368 e. The van der Waals surface area contributed by atoms with Gasteiger partial charge in [0.05, 0.1) is 11.1 Å². The van der Waals surface area contributed by atoms with Crippen molar-refractivity contribution in [3.05, 3.63) is 52.8 Å². The Morgan fingerprint density at radius 1 is 1.30 bits per heavy atom. The predicted molar refractivity (Wildman–Crippen MR) is 71.6 cm³/mol. The van der Waals surface area contributed by atoms with Crippen molar-refractivity contribution in [3.63, 3.8) is 0 Å². The van der Waals surface area contributed by atoms with Gasteiger partial charge in [0.15, 0.2) is 11.6 Å². The van der Waals surface area contributed by atoms with Gasteiger partial charge in [-0.2, -0.15) is 8.96 Å². The van der Waals surface area contributed by atoms with Gasteiger partial charge in [0.2, 0.25) is 0 Å². The standard InChI is InChI=1S/C12H12FN3O3S/c1-2-14-11-10(13)8-16(12(17)15-11)20(18,19)9-6-4-3-5-7-9/h3-8H,2H2,1H3,(H,14,15,17). The summed E-state index contributed by atoms with van der Waals surface area (Å²) in [4.78, 5) is 15.0. The maximum Gasteiger partial charge on any atom is 0.363 e. The molecule has 0 amide bonds. The molecule has 0 aliphatic carbocycles. The highest BCUT2D eigenvalue weighted by atomic mass is 32.2. The molecule has 6 nitrogen and oxygen atoms in total. The van der Waals surface area contributed by atoms with Crippen LogP contribution in [-0.4, -0.2) is 23.9 Å². The SMILES string of the molecule is CCNc1nc(=O)n(S(=O)(=O)c2ccccc2)cc1F. The van der Waals surface area contributed by atoms with Gasteiger partial charge >= 0.3 is 5.69 Å². The Kier molecular flexibility index (Phi) is 3.84. The van der Waals surface area contributed by atoms with Crippen molar-refractivity contribution >= 4 is 15.8 Å². The Balaban J connectivity index is 2.60. The Hall–Kier alpha value is -2.22. The van der Waals surface area contributed by atoms with Crippen LogP contribution in [0.5, 0.6) is 0 Å². The topological polar surface area (TPSA) is 81.1 Å². The van der Waals surface area contributed by atoms with Gasteiger partial charge in [-0.15, -0.1) is 0 Å². The molecule has 0 radical (unpaired) electrons. The van der Waals surface area contributed by atoms with Crippen molar-refractivity contribution in [3.8, 4) is 0 Å². The number of hydrogen-bond donors (Lipinski definition) is 1. The van der Waals surface area contributed by atoms with Crippen molar-refractivity contribution < 1.29 is 12.8 Å². The molecule has 0 spiro atoms. The van der Waals surface area contributed by atoms with Gasteiger partial charge in [0.25, 0.3) is 10.0 Å². The van der Waals surface area contributed by atoms with E-state index in [0.717, 1.165) is 0 Å². The van der Waals surface area contributed by atoms with Crippen LogP contribution in [0.1, 0.15) is 6.92 Å². The highest BCUT2D eigenvalue weighted by Crippen LogP contribution is 2.13. The summed E-state index contributed by atoms with van der Waals surface area (Å²) in [7, 11) is -4.15. The molecule has 0 atom stereocenters. The summed E-state index contributed by atoms with van der Waals surface area (Å²) in [6, 6.07) is 7.29. The molecule has 0 saturated heterocycles. The van der Waals surface area contributed by atoms with E-state index >= 15 is 0 Å². The first kappa shape index (κ1) is 14.2. The van der Waals surface area contributed by atoms with Gasteiger partial charge < -0.3 is 5.32 Å². The second kappa shape index (κ2) is 5.41. The molecule has 0 aliphatic rings. The maximum absolute atomic E-state index is 13.7. The van der Waals surface area contributed by atoms with Crippen molar-refractivity contribution in [2.45, 2.75) is 11.8 Å². The van der Waals surface area contributed by atoms with E-state index < -0.39 is 21.5 Å². The third-order valence-corrected chi connectivity index (χ3v) is 4.14. The number of nitrogens with one attached hydrogen (secondary N) is 1. The van der Waals surface area contributed by atoms with E-state index in [9.17, 15) is 17.6 Å². The first-order valence-electron chi connectivity index (χ1n) is 5.80. The minimum atomic E-state index is -4.15. The van der Waals surface area contributed by atoms with Crippen LogP contribution in [0.3, 0.4) is 0 Å². The summed E-state index contributed by atoms with van der Waals surface area (Å²) in [5.74, 6) is -1.18. The molecular formula is C12H12FN3O3S. The van der Waals surface area contributed by atoms with E-state index in [4.69, 9.17) is 0 Å². The molecule has 2 aromatic rings. The Morgan fingerprint density at radius 3 is 2.55 bits per heavy atom. The number of nitrogens with zero attached hydrogens (tertiary/aromatic N) is 2. The molecule has 0 unspecified atom stereocenters. The zero-order valence-electron chi connectivity index (χ0n) is 10.6. The lowest BCUT2D eigenvalue weighted by atomic mass is 10.4. The van der Waals surface area contributed by atoms with Crippen LogP contribution >= 0.6 is 0 Å². The van der Waals surface area contributed by atoms with Gasteiger partial charge in [-0.05, 0) is 19.1 Å². The normalized spacial score (nSPS) is 11.3. The van der Waals surface area contributed by atoms with Crippen LogP contribution < -0.4 is 11.0 Å². The molecule has 106 valence electrons. The quantitative estimate of drug-likeness (QED) is 0.912. The summed E-state index contributed by atoms with van der Waals surface area (Å²) in [6.45, 7) is 2.06. The lowest BCUT2D eigenvalue weighted by Gasteiger charge is -2.09. The summed E-state index contributed by atoms with van der Waals surface area (Å²) < 4.78 is 38.4. The smallest absolute Gasteiger partial charge is 0.363 e. The third kappa shape index (κ3) is 2.55. The Morgan fingerprint density at radius 2 is 1.95 bits per heavy atom. The van der Waals surface area contributed by atoms with Crippen molar-refractivity contribution in [1.29, 1.82) is 0 Å². The minimum Gasteiger partial charge on any atom is -0.368 e. The van der Waals surface area contributed by atoms with Gasteiger partial charge in [0, 0.05) is 6.54 Å². The molecule has 2 rings (SSSR count). The molecule has 1 aromatic carbocycles. The van der Waals surface area contributed by atoms with Gasteiger partial charge in [-0.3, -0.25) is 0 Å². The van der Waals surface area contributed by atoms with Crippen LogP contribution in [0.4, 0.5) is 10.2 Å². The van der Waals surface area contributed by atoms with Gasteiger partial charge in [-0.1, -0.05) is 18.2 Å². The maximum atomic E-state index is 13.7. The fourth-order valence-corrected chi connectivity index (χ4v) is 2.79. The fraction of sp³-hybridized carbons (Fsp3) is 0.167. The predicted octanol–water partition coefficient (Wildman–Crippen LogP) is 1.05. The zero-order valence-corrected chi connectivity index (χ0v) is 11.4. The van der Waals surface area contributed by atoms with Gasteiger partial charge in [0.1, 0.15) is 0 Å². The highest BCUT2D eigenvalue weighted by molar-refractivity contribution is 7.90. The second-order valence-electron chi connectivity index (χ2n) is 3.86. The second-order valence-corrected chi connectivity index (χ2v) is 5.68. The monoisotopic (exact) mass is 297 g/mol. The molecule has 0 bridgehead atoms. The number of benzene rings is 1. The van der Waals surface area contributed by atoms with E-state index in [2.05, 4.69) is 10.3 Å². The van der Waals surface area contributed by atoms with Crippen LogP contribution in [-0.2, 0) is 10.0 Å². The lowest BCUT2D eigenvalue weighted by Crippen LogP contribution is -2.30. The molecular weight excluding hydrogens is 285 g/mol. The number of rotatable bonds is 4. The van der Waals surface area contributed by atoms with Crippen LogP contribution in [0.2, 0.25) is 0 Å². The van der Waals surface area contributed by atoms with E-state index in [1.54, 1.807) is 13.0 Å². The number of anilines is 1. The first-order chi connectivity index (χ1) is 9.46. The Bertz CT molecular complexity index is 772. The summed E-state index contributed by atoms with van der Waals surface area (Å²) in [6.07, 6.45) is 0.621. The third-order valence-electron chi connectivity index (χ3n) is 2.50. The van der Waals surface area contributed by atoms with Crippen molar-refractivity contribution in [2.75, 3.05) is 11.9 Å². The summed E-state index contributed by atoms with van der Waals surface area (Å²) >= 11 is 0. The summed E-state index contributed by atoms with van der Waals surface area (Å²) in [5, 5.41) is 2.54. The minimum absolute atomic E-state index is 0.112.